The molecule has 4 nitrogen and oxygen atoms in total. The van der Waals surface area contributed by atoms with Crippen LogP contribution in [0.2, 0.25) is 5.02 Å². The van der Waals surface area contributed by atoms with E-state index in [2.05, 4.69) is 30.5 Å². The Kier molecular flexibility index (Phi) is 3.61. The van der Waals surface area contributed by atoms with Crippen LogP contribution < -0.4 is 5.73 Å². The van der Waals surface area contributed by atoms with Crippen molar-refractivity contribution >= 4 is 29.9 Å². The predicted molar refractivity (Wildman–Crippen MR) is 84.6 cm³/mol. The fraction of sp³-hybridized carbons (Fsp3) is 0.333. The van der Waals surface area contributed by atoms with Gasteiger partial charge in [-0.3, -0.25) is 9.98 Å². The van der Waals surface area contributed by atoms with Crippen molar-refractivity contribution in [1.29, 1.82) is 0 Å². The number of fused-ring (bicyclic) bond motifs is 1. The van der Waals surface area contributed by atoms with E-state index in [0.717, 1.165) is 16.7 Å². The van der Waals surface area contributed by atoms with Crippen LogP contribution in [-0.2, 0) is 6.42 Å². The molecule has 1 aliphatic rings. The molecule has 0 saturated carbocycles. The zero-order chi connectivity index (χ0) is 15.1. The van der Waals surface area contributed by atoms with Crippen molar-refractivity contribution in [1.82, 2.24) is 0 Å². The Labute approximate surface area is 123 Å². The number of hydrogen-bond acceptors (Lipinski definition) is 3. The van der Waals surface area contributed by atoms with Gasteiger partial charge in [-0.25, -0.2) is 0 Å². The maximum atomic E-state index is 9.78. The Balaban J connectivity index is 2.85. The van der Waals surface area contributed by atoms with E-state index >= 15 is 0 Å². The zero-order valence-electron chi connectivity index (χ0n) is 11.9. The molecule has 0 bridgehead atoms. The van der Waals surface area contributed by atoms with Crippen molar-refractivity contribution in [3.05, 3.63) is 33.9 Å². The molecule has 106 valence electrons. The number of halogens is 1. The number of phenolic OH excluding ortho intramolecular Hbond substituents is 1. The fourth-order valence-electron chi connectivity index (χ4n) is 2.73. The molecule has 0 atom stereocenters. The third kappa shape index (κ3) is 2.10. The summed E-state index contributed by atoms with van der Waals surface area (Å²) in [5, 5.41) is 10.1. The van der Waals surface area contributed by atoms with E-state index in [1.165, 1.54) is 0 Å². The van der Waals surface area contributed by atoms with Crippen LogP contribution >= 0.6 is 11.6 Å². The minimum atomic E-state index is -0.287. The van der Waals surface area contributed by atoms with Crippen molar-refractivity contribution in [2.75, 3.05) is 7.05 Å². The highest BCUT2D eigenvalue weighted by Crippen LogP contribution is 2.46. The molecule has 5 heteroatoms. The highest BCUT2D eigenvalue weighted by atomic mass is 35.5. The normalized spacial score (nSPS) is 17.9. The van der Waals surface area contributed by atoms with Crippen LogP contribution in [0, 0.1) is 5.41 Å². The van der Waals surface area contributed by atoms with E-state index in [4.69, 9.17) is 17.3 Å². The number of aromatic hydroxyl groups is 1. The molecule has 0 unspecified atom stereocenters. The zero-order valence-corrected chi connectivity index (χ0v) is 12.6. The third-order valence-corrected chi connectivity index (χ3v) is 4.09. The average molecular weight is 292 g/mol. The monoisotopic (exact) mass is 291 g/mol. The van der Waals surface area contributed by atoms with Crippen molar-refractivity contribution in [3.8, 4) is 5.75 Å². The summed E-state index contributed by atoms with van der Waals surface area (Å²) in [7, 11) is 1.65. The molecule has 0 heterocycles. The molecule has 0 saturated heterocycles. The molecule has 0 aliphatic heterocycles. The van der Waals surface area contributed by atoms with Gasteiger partial charge in [0.1, 0.15) is 11.6 Å². The lowest BCUT2D eigenvalue weighted by molar-refractivity contribution is 0.448. The Bertz CT molecular complexity index is 645. The number of nitrogens with zero attached hydrogens (tertiary/aromatic N) is 2. The molecule has 3 N–H and O–H groups in total. The van der Waals surface area contributed by atoms with E-state index < -0.39 is 0 Å². The minimum Gasteiger partial charge on any atom is -0.506 e. The summed E-state index contributed by atoms with van der Waals surface area (Å²) in [6.45, 7) is 7.74. The summed E-state index contributed by atoms with van der Waals surface area (Å²) in [5.74, 6) is 0.525. The third-order valence-electron chi connectivity index (χ3n) is 3.67. The molecule has 0 radical (unpaired) electrons. The second-order valence-electron chi connectivity index (χ2n) is 5.48. The lowest BCUT2D eigenvalue weighted by Crippen LogP contribution is -2.33. The predicted octanol–water partition coefficient (Wildman–Crippen LogP) is 3.03. The summed E-state index contributed by atoms with van der Waals surface area (Å²) in [4.78, 5) is 8.22. The van der Waals surface area contributed by atoms with Gasteiger partial charge in [-0.15, -0.1) is 0 Å². The topological polar surface area (TPSA) is 71.0 Å². The Morgan fingerprint density at radius 1 is 1.45 bits per heavy atom. The highest BCUT2D eigenvalue weighted by molar-refractivity contribution is 6.33. The summed E-state index contributed by atoms with van der Waals surface area (Å²) < 4.78 is 0. The van der Waals surface area contributed by atoms with Crippen molar-refractivity contribution in [2.45, 2.75) is 20.3 Å². The molecule has 0 fully saturated rings. The molecule has 20 heavy (non-hydrogen) atoms. The lowest BCUT2D eigenvalue weighted by Gasteiger charge is -2.35. The number of hydrogen-bond donors (Lipinski definition) is 2. The second kappa shape index (κ2) is 4.94. The number of phenols is 1. The summed E-state index contributed by atoms with van der Waals surface area (Å²) in [6, 6.07) is 3.35. The van der Waals surface area contributed by atoms with Gasteiger partial charge in [0.05, 0.1) is 10.7 Å². The Morgan fingerprint density at radius 2 is 2.10 bits per heavy atom. The smallest absolute Gasteiger partial charge is 0.134 e. The molecule has 0 aromatic heterocycles. The van der Waals surface area contributed by atoms with Gasteiger partial charge in [-0.05, 0) is 36.2 Å². The summed E-state index contributed by atoms with van der Waals surface area (Å²) >= 11 is 6.23. The number of amidine groups is 1. The van der Waals surface area contributed by atoms with Crippen molar-refractivity contribution < 1.29 is 5.11 Å². The van der Waals surface area contributed by atoms with E-state index in [1.54, 1.807) is 19.2 Å². The Morgan fingerprint density at radius 3 is 2.65 bits per heavy atom. The summed E-state index contributed by atoms with van der Waals surface area (Å²) in [5.41, 5.74) is 9.01. The molecule has 1 aliphatic carbocycles. The molecular formula is C15H18ClN3O. The van der Waals surface area contributed by atoms with E-state index in [0.29, 0.717) is 23.0 Å². The maximum absolute atomic E-state index is 9.78. The largest absolute Gasteiger partial charge is 0.506 e. The first kappa shape index (κ1) is 14.6. The molecule has 1 aromatic carbocycles. The molecule has 2 rings (SSSR count). The van der Waals surface area contributed by atoms with Gasteiger partial charge in [-0.2, -0.15) is 0 Å². The van der Waals surface area contributed by atoms with Gasteiger partial charge in [0, 0.05) is 18.2 Å². The lowest BCUT2D eigenvalue weighted by atomic mass is 9.71. The van der Waals surface area contributed by atoms with Crippen LogP contribution in [0.3, 0.4) is 0 Å². The van der Waals surface area contributed by atoms with E-state index in [1.807, 2.05) is 0 Å². The fourth-order valence-corrected chi connectivity index (χ4v) is 2.96. The van der Waals surface area contributed by atoms with E-state index in [-0.39, 0.29) is 11.2 Å². The van der Waals surface area contributed by atoms with Crippen LogP contribution in [-0.4, -0.2) is 24.7 Å². The average Bonchev–Trinajstić information content (AvgIpc) is 2.40. The van der Waals surface area contributed by atoms with Gasteiger partial charge in [0.15, 0.2) is 0 Å². The standard InChI is InChI=1S/C15H18ClN3O/c1-15(2)7-9-8(5-6-10(20)12(9)16)13(18-3)11(15)14(17)19-4/h5-6,20H,3,7H2,1-2,4H3,(H2,17,19). The molecule has 0 spiro atoms. The first-order valence-corrected chi connectivity index (χ1v) is 6.66. The highest BCUT2D eigenvalue weighted by Gasteiger charge is 2.36. The number of nitrogens with two attached hydrogens (primary N) is 1. The molecular weight excluding hydrogens is 274 g/mol. The van der Waals surface area contributed by atoms with Gasteiger partial charge >= 0.3 is 0 Å². The molecule has 0 amide bonds. The van der Waals surface area contributed by atoms with Gasteiger partial charge in [0.2, 0.25) is 0 Å². The van der Waals surface area contributed by atoms with Crippen LogP contribution in [0.1, 0.15) is 25.0 Å². The number of aliphatic imine (C=N–C) groups is 2. The van der Waals surface area contributed by atoms with E-state index in [9.17, 15) is 5.11 Å². The van der Waals surface area contributed by atoms with Gasteiger partial charge < -0.3 is 10.8 Å². The van der Waals surface area contributed by atoms with Crippen molar-refractivity contribution in [2.24, 2.45) is 21.1 Å². The van der Waals surface area contributed by atoms with Crippen LogP contribution in [0.4, 0.5) is 0 Å². The van der Waals surface area contributed by atoms with Crippen LogP contribution in [0.5, 0.6) is 5.75 Å². The first-order valence-electron chi connectivity index (χ1n) is 6.28. The number of rotatable bonds is 2. The minimum absolute atomic E-state index is 0.0743. The van der Waals surface area contributed by atoms with Crippen LogP contribution in [0.25, 0.3) is 5.70 Å². The SMILES string of the molecule is C=NC1=C(C(N)=NC)C(C)(C)Cc2c1ccc(O)c2Cl. The maximum Gasteiger partial charge on any atom is 0.134 e. The van der Waals surface area contributed by atoms with Gasteiger partial charge in [0.25, 0.3) is 0 Å². The van der Waals surface area contributed by atoms with Crippen LogP contribution in [0.15, 0.2) is 27.7 Å². The molecule has 1 aromatic rings. The summed E-state index contributed by atoms with van der Waals surface area (Å²) in [6.07, 6.45) is 0.653. The first-order chi connectivity index (χ1) is 9.33. The number of benzene rings is 1. The van der Waals surface area contributed by atoms with Crippen molar-refractivity contribution in [3.63, 3.8) is 0 Å². The Hall–Kier alpha value is -1.81. The van der Waals surface area contributed by atoms with Gasteiger partial charge in [-0.1, -0.05) is 25.4 Å². The second-order valence-corrected chi connectivity index (χ2v) is 5.85. The quantitative estimate of drug-likeness (QED) is 0.649.